The predicted octanol–water partition coefficient (Wildman–Crippen LogP) is -2.42. The topological polar surface area (TPSA) is 111 Å². The third-order valence-electron chi connectivity index (χ3n) is 2.94. The van der Waals surface area contributed by atoms with Gasteiger partial charge in [0.2, 0.25) is 0 Å². The van der Waals surface area contributed by atoms with Crippen LogP contribution in [0.25, 0.3) is 11.0 Å². The van der Waals surface area contributed by atoms with Gasteiger partial charge in [0.15, 0.2) is 0 Å². The summed E-state index contributed by atoms with van der Waals surface area (Å²) in [6.45, 7) is 0. The number of amides is 1. The fraction of sp³-hybridized carbons (Fsp3) is 0. The number of anilines is 1. The number of rotatable bonds is 3. The summed E-state index contributed by atoms with van der Waals surface area (Å²) in [6.07, 6.45) is 2.58. The minimum absolute atomic E-state index is 0. The van der Waals surface area contributed by atoms with Crippen LogP contribution in [0, 0.1) is 0 Å². The van der Waals surface area contributed by atoms with E-state index in [-0.39, 0.29) is 68.5 Å². The van der Waals surface area contributed by atoms with Crippen molar-refractivity contribution in [2.75, 3.05) is 5.32 Å². The Morgan fingerprint density at radius 3 is 2.55 bits per heavy atom. The number of carboxylic acids is 1. The minimum Gasteiger partial charge on any atom is -0.543 e. The molecule has 0 unspecified atom stereocenters. The first-order valence-corrected chi connectivity index (χ1v) is 6.06. The van der Waals surface area contributed by atoms with Crippen LogP contribution in [0.3, 0.4) is 0 Å². The van der Waals surface area contributed by atoms with Crippen LogP contribution in [0.1, 0.15) is 20.8 Å². The first-order valence-electron chi connectivity index (χ1n) is 6.06. The number of H-pyrrole nitrogens is 1. The summed E-state index contributed by atoms with van der Waals surface area (Å²) in [4.78, 5) is 33.4. The molecule has 0 radical (unpaired) electrons. The van der Waals surface area contributed by atoms with Crippen molar-refractivity contribution in [2.24, 2.45) is 0 Å². The third kappa shape index (κ3) is 3.26. The van der Waals surface area contributed by atoms with Gasteiger partial charge in [0, 0.05) is 11.8 Å². The van der Waals surface area contributed by atoms with Gasteiger partial charge in [-0.3, -0.25) is 4.79 Å². The first-order chi connectivity index (χ1) is 10.2. The fourth-order valence-electron chi connectivity index (χ4n) is 1.97. The zero-order chi connectivity index (χ0) is 14.8. The molecule has 7 nitrogen and oxygen atoms in total. The molecule has 0 saturated heterocycles. The maximum atomic E-state index is 12.1. The number of aromatic amines is 1. The molecule has 0 spiro atoms. The summed E-state index contributed by atoms with van der Waals surface area (Å²) in [5, 5.41) is 13.6. The van der Waals surface area contributed by atoms with Crippen molar-refractivity contribution in [2.45, 2.75) is 0 Å². The van der Waals surface area contributed by atoms with E-state index in [1.54, 1.807) is 24.3 Å². The molecule has 0 bridgehead atoms. The second-order valence-corrected chi connectivity index (χ2v) is 4.26. The van der Waals surface area contributed by atoms with Crippen LogP contribution in [0.4, 0.5) is 5.69 Å². The van der Waals surface area contributed by atoms with Crippen molar-refractivity contribution >= 4 is 28.6 Å². The zero-order valence-corrected chi connectivity index (χ0v) is 14.8. The summed E-state index contributed by atoms with van der Waals surface area (Å²) < 4.78 is 0. The van der Waals surface area contributed by atoms with Crippen LogP contribution in [0.5, 0.6) is 0 Å². The standard InChI is InChI=1S/C14H10N4O3.K/c19-13(8-4-2-1-3-5-8)18-9-6-15-11-10(9)16-7-17-12(11)14(20)21;/h1-7,15H,(H,18,19)(H,20,21);/q;+1/p-1. The number of nitrogens with one attached hydrogen (secondary N) is 2. The molecule has 0 saturated carbocycles. The normalized spacial score (nSPS) is 10.0. The molecule has 3 aromatic rings. The molecule has 1 aromatic carbocycles. The Balaban J connectivity index is 0.00000176. The molecule has 3 rings (SSSR count). The monoisotopic (exact) mass is 320 g/mol. The Bertz CT molecular complexity index is 832. The van der Waals surface area contributed by atoms with Crippen molar-refractivity contribution < 1.29 is 66.1 Å². The molecule has 0 atom stereocenters. The average Bonchev–Trinajstić information content (AvgIpc) is 2.91. The van der Waals surface area contributed by atoms with E-state index >= 15 is 0 Å². The largest absolute Gasteiger partial charge is 1.00 e. The zero-order valence-electron chi connectivity index (χ0n) is 11.7. The van der Waals surface area contributed by atoms with E-state index in [4.69, 9.17) is 0 Å². The van der Waals surface area contributed by atoms with Crippen LogP contribution >= 0.6 is 0 Å². The number of carbonyl (C=O) groups is 2. The number of aromatic carboxylic acids is 1. The number of hydrogen-bond acceptors (Lipinski definition) is 5. The summed E-state index contributed by atoms with van der Waals surface area (Å²) in [5.74, 6) is -1.73. The van der Waals surface area contributed by atoms with Gasteiger partial charge in [0.1, 0.15) is 17.5 Å². The van der Waals surface area contributed by atoms with E-state index in [0.717, 1.165) is 6.33 Å². The van der Waals surface area contributed by atoms with Gasteiger partial charge < -0.3 is 20.2 Å². The van der Waals surface area contributed by atoms with Gasteiger partial charge in [0.25, 0.3) is 5.91 Å². The summed E-state index contributed by atoms with van der Waals surface area (Å²) in [6, 6.07) is 8.65. The van der Waals surface area contributed by atoms with E-state index in [1.807, 2.05) is 6.07 Å². The summed E-state index contributed by atoms with van der Waals surface area (Å²) in [5.41, 5.74) is 1.14. The quantitative estimate of drug-likeness (QED) is 0.522. The predicted molar refractivity (Wildman–Crippen MR) is 72.6 cm³/mol. The second kappa shape index (κ2) is 7.12. The Kier molecular flexibility index (Phi) is 5.43. The van der Waals surface area contributed by atoms with Crippen LogP contribution in [0.2, 0.25) is 0 Å². The molecule has 0 aliphatic carbocycles. The van der Waals surface area contributed by atoms with Crippen LogP contribution in [-0.4, -0.2) is 26.8 Å². The Labute approximate surface area is 167 Å². The molecular weight excluding hydrogens is 311 g/mol. The molecule has 0 aliphatic rings. The average molecular weight is 320 g/mol. The van der Waals surface area contributed by atoms with E-state index in [9.17, 15) is 14.7 Å². The molecule has 8 heteroatoms. The Morgan fingerprint density at radius 2 is 1.86 bits per heavy atom. The number of nitrogens with zero attached hydrogens (tertiary/aromatic N) is 2. The third-order valence-corrected chi connectivity index (χ3v) is 2.94. The molecular formula is C14H9KN4O3. The molecule has 2 aromatic heterocycles. The smallest absolute Gasteiger partial charge is 0.543 e. The maximum Gasteiger partial charge on any atom is 1.00 e. The minimum atomic E-state index is -1.41. The van der Waals surface area contributed by atoms with Crippen molar-refractivity contribution in [3.05, 3.63) is 54.1 Å². The first kappa shape index (κ1) is 16.8. The van der Waals surface area contributed by atoms with Crippen molar-refractivity contribution in [1.82, 2.24) is 15.0 Å². The van der Waals surface area contributed by atoms with E-state index < -0.39 is 5.97 Å². The van der Waals surface area contributed by atoms with Gasteiger partial charge in [-0.1, -0.05) is 18.2 Å². The molecule has 1 amide bonds. The number of hydrogen-bond donors (Lipinski definition) is 2. The fourth-order valence-corrected chi connectivity index (χ4v) is 1.97. The van der Waals surface area contributed by atoms with E-state index in [1.165, 1.54) is 6.20 Å². The van der Waals surface area contributed by atoms with Gasteiger partial charge in [-0.2, -0.15) is 0 Å². The van der Waals surface area contributed by atoms with Gasteiger partial charge in [-0.05, 0) is 12.1 Å². The van der Waals surface area contributed by atoms with Crippen LogP contribution in [-0.2, 0) is 0 Å². The van der Waals surface area contributed by atoms with E-state index in [0.29, 0.717) is 16.8 Å². The summed E-state index contributed by atoms with van der Waals surface area (Å²) >= 11 is 0. The number of aromatic nitrogens is 3. The maximum absolute atomic E-state index is 12.1. The molecule has 0 aliphatic heterocycles. The molecule has 0 fully saturated rings. The Hall–Kier alpha value is -1.58. The number of benzene rings is 1. The van der Waals surface area contributed by atoms with Crippen molar-refractivity contribution in [3.63, 3.8) is 0 Å². The number of carboxylic acid groups (broad SMARTS) is 1. The molecule has 2 heterocycles. The van der Waals surface area contributed by atoms with Gasteiger partial charge in [0.05, 0.1) is 17.2 Å². The molecule has 22 heavy (non-hydrogen) atoms. The van der Waals surface area contributed by atoms with Crippen molar-refractivity contribution in [3.8, 4) is 0 Å². The SMILES string of the molecule is O=C(Nc1c[nH]c2c(C(=O)[O-])ncnc12)c1ccccc1.[K+]. The number of fused-ring (bicyclic) bond motifs is 1. The van der Waals surface area contributed by atoms with Crippen LogP contribution in [0.15, 0.2) is 42.9 Å². The second-order valence-electron chi connectivity index (χ2n) is 4.26. The Morgan fingerprint density at radius 1 is 1.14 bits per heavy atom. The van der Waals surface area contributed by atoms with Gasteiger partial charge in [-0.25, -0.2) is 9.97 Å². The summed E-state index contributed by atoms with van der Waals surface area (Å²) in [7, 11) is 0. The molecule has 104 valence electrons. The molecule has 2 N–H and O–H groups in total. The van der Waals surface area contributed by atoms with Gasteiger partial charge >= 0.3 is 51.4 Å². The van der Waals surface area contributed by atoms with Crippen molar-refractivity contribution in [1.29, 1.82) is 0 Å². The van der Waals surface area contributed by atoms with E-state index in [2.05, 4.69) is 20.3 Å². The van der Waals surface area contributed by atoms with Gasteiger partial charge in [-0.15, -0.1) is 0 Å². The van der Waals surface area contributed by atoms with Crippen LogP contribution < -0.4 is 61.8 Å². The number of carbonyl (C=O) groups excluding carboxylic acids is 2.